The molecule has 0 aliphatic heterocycles. The maximum Gasteiger partial charge on any atom is 0.171 e. The summed E-state index contributed by atoms with van der Waals surface area (Å²) in [5.41, 5.74) is 0.677. The van der Waals surface area contributed by atoms with Gasteiger partial charge >= 0.3 is 0 Å². The van der Waals surface area contributed by atoms with Crippen LogP contribution in [0.5, 0.6) is 5.75 Å². The highest BCUT2D eigenvalue weighted by Gasteiger charge is 2.26. The maximum atomic E-state index is 9.54. The molecule has 0 fully saturated rings. The smallest absolute Gasteiger partial charge is 0.171 e. The van der Waals surface area contributed by atoms with Crippen LogP contribution in [0.2, 0.25) is 10.0 Å². The highest BCUT2D eigenvalue weighted by atomic mass is 35.5. The van der Waals surface area contributed by atoms with Crippen LogP contribution in [0.1, 0.15) is 41.0 Å². The van der Waals surface area contributed by atoms with Gasteiger partial charge in [-0.1, -0.05) is 44.0 Å². The SMILES string of the molecule is CC(C)(C)CC(C)(C)NC(=S)Nc1cc(Cl)c(O)c(Cl)c1. The highest BCUT2D eigenvalue weighted by Crippen LogP contribution is 2.34. The summed E-state index contributed by atoms with van der Waals surface area (Å²) in [6.45, 7) is 10.8. The van der Waals surface area contributed by atoms with Gasteiger partial charge in [0.25, 0.3) is 0 Å². The molecule has 1 aromatic rings. The van der Waals surface area contributed by atoms with E-state index in [9.17, 15) is 5.11 Å². The predicted molar refractivity (Wildman–Crippen MR) is 95.6 cm³/mol. The Morgan fingerprint density at radius 2 is 1.62 bits per heavy atom. The average Bonchev–Trinajstić information content (AvgIpc) is 2.20. The zero-order chi connectivity index (χ0) is 16.4. The van der Waals surface area contributed by atoms with Crippen LogP contribution in [0.3, 0.4) is 0 Å². The van der Waals surface area contributed by atoms with E-state index in [1.807, 2.05) is 0 Å². The zero-order valence-electron chi connectivity index (χ0n) is 13.0. The molecule has 3 nitrogen and oxygen atoms in total. The molecule has 0 aliphatic rings. The van der Waals surface area contributed by atoms with Crippen LogP contribution < -0.4 is 10.6 Å². The summed E-state index contributed by atoms with van der Waals surface area (Å²) in [5, 5.41) is 16.7. The molecular weight excluding hydrogens is 327 g/mol. The molecule has 0 atom stereocenters. The molecule has 0 amide bonds. The minimum Gasteiger partial charge on any atom is -0.505 e. The molecule has 6 heteroatoms. The van der Waals surface area contributed by atoms with Crippen molar-refractivity contribution in [2.24, 2.45) is 5.41 Å². The third-order valence-corrected chi connectivity index (χ3v) is 3.48. The number of phenolic OH excluding ortho intramolecular Hbond substituents is 1. The molecule has 0 unspecified atom stereocenters. The highest BCUT2D eigenvalue weighted by molar-refractivity contribution is 7.80. The number of anilines is 1. The summed E-state index contributed by atoms with van der Waals surface area (Å²) in [7, 11) is 0. The van der Waals surface area contributed by atoms with E-state index in [2.05, 4.69) is 45.3 Å². The molecule has 0 bridgehead atoms. The monoisotopic (exact) mass is 348 g/mol. The fourth-order valence-electron chi connectivity index (χ4n) is 2.48. The first-order valence-corrected chi connectivity index (χ1v) is 7.83. The molecule has 3 N–H and O–H groups in total. The Bertz CT molecular complexity index is 516. The molecule has 0 saturated heterocycles. The van der Waals surface area contributed by atoms with Crippen molar-refractivity contribution in [3.8, 4) is 5.75 Å². The first kappa shape index (κ1) is 18.3. The Morgan fingerprint density at radius 3 is 2.05 bits per heavy atom. The van der Waals surface area contributed by atoms with Crippen LogP contribution in [-0.4, -0.2) is 15.8 Å². The molecule has 1 rings (SSSR count). The summed E-state index contributed by atoms with van der Waals surface area (Å²) < 4.78 is 0. The van der Waals surface area contributed by atoms with E-state index in [0.29, 0.717) is 10.8 Å². The number of nitrogens with one attached hydrogen (secondary N) is 2. The lowest BCUT2D eigenvalue weighted by atomic mass is 9.82. The quantitative estimate of drug-likeness (QED) is 0.518. The van der Waals surface area contributed by atoms with Gasteiger partial charge in [0.1, 0.15) is 0 Å². The summed E-state index contributed by atoms with van der Waals surface area (Å²) in [4.78, 5) is 0. The number of phenols is 1. The van der Waals surface area contributed by atoms with Gasteiger partial charge < -0.3 is 15.7 Å². The minimum atomic E-state index is -0.146. The first-order chi connectivity index (χ1) is 9.39. The van der Waals surface area contributed by atoms with E-state index in [1.165, 1.54) is 0 Å². The van der Waals surface area contributed by atoms with E-state index in [0.717, 1.165) is 6.42 Å². The van der Waals surface area contributed by atoms with Crippen molar-refractivity contribution in [1.82, 2.24) is 5.32 Å². The van der Waals surface area contributed by atoms with E-state index in [1.54, 1.807) is 12.1 Å². The molecule has 0 radical (unpaired) electrons. The minimum absolute atomic E-state index is 0.129. The Hall–Kier alpha value is -0.710. The molecule has 21 heavy (non-hydrogen) atoms. The fraction of sp³-hybridized carbons (Fsp3) is 0.533. The largest absolute Gasteiger partial charge is 0.505 e. The summed E-state index contributed by atoms with van der Waals surface area (Å²) in [6, 6.07) is 3.15. The van der Waals surface area contributed by atoms with Crippen LogP contribution in [0, 0.1) is 5.41 Å². The second-order valence-electron chi connectivity index (χ2n) is 6.99. The van der Waals surface area contributed by atoms with Gasteiger partial charge in [-0.25, -0.2) is 0 Å². The molecule has 0 heterocycles. The van der Waals surface area contributed by atoms with Gasteiger partial charge in [-0.2, -0.15) is 0 Å². The third-order valence-electron chi connectivity index (χ3n) is 2.70. The number of hydrogen-bond donors (Lipinski definition) is 3. The first-order valence-electron chi connectivity index (χ1n) is 6.67. The number of rotatable bonds is 3. The lowest BCUT2D eigenvalue weighted by Gasteiger charge is -2.34. The molecular formula is C15H22Cl2N2OS. The van der Waals surface area contributed by atoms with Crippen LogP contribution in [-0.2, 0) is 0 Å². The van der Waals surface area contributed by atoms with Crippen LogP contribution in [0.25, 0.3) is 0 Å². The Balaban J connectivity index is 2.74. The summed E-state index contributed by atoms with van der Waals surface area (Å²) in [6.07, 6.45) is 0.957. The summed E-state index contributed by atoms with van der Waals surface area (Å²) >= 11 is 17.1. The Morgan fingerprint density at radius 1 is 1.14 bits per heavy atom. The second-order valence-corrected chi connectivity index (χ2v) is 8.21. The standard InChI is InChI=1S/C15H22Cl2N2OS/c1-14(2,3)8-15(4,5)19-13(21)18-9-6-10(16)12(20)11(17)7-9/h6-7,20H,8H2,1-5H3,(H2,18,19,21). The maximum absolute atomic E-state index is 9.54. The van der Waals surface area contributed by atoms with Gasteiger partial charge in [0.05, 0.1) is 10.0 Å². The topological polar surface area (TPSA) is 44.3 Å². The van der Waals surface area contributed by atoms with E-state index < -0.39 is 0 Å². The van der Waals surface area contributed by atoms with Gasteiger partial charge in [0.2, 0.25) is 0 Å². The van der Waals surface area contributed by atoms with Crippen molar-refractivity contribution < 1.29 is 5.11 Å². The van der Waals surface area contributed by atoms with Crippen molar-refractivity contribution in [3.05, 3.63) is 22.2 Å². The molecule has 1 aromatic carbocycles. The van der Waals surface area contributed by atoms with Crippen LogP contribution in [0.15, 0.2) is 12.1 Å². The lowest BCUT2D eigenvalue weighted by Crippen LogP contribution is -2.47. The molecule has 118 valence electrons. The average molecular weight is 349 g/mol. The van der Waals surface area contributed by atoms with Gasteiger partial charge in [-0.3, -0.25) is 0 Å². The molecule has 0 spiro atoms. The lowest BCUT2D eigenvalue weighted by molar-refractivity contribution is 0.268. The number of hydrogen-bond acceptors (Lipinski definition) is 2. The van der Waals surface area contributed by atoms with Crippen LogP contribution in [0.4, 0.5) is 5.69 Å². The van der Waals surface area contributed by atoms with Crippen LogP contribution >= 0.6 is 35.4 Å². The van der Waals surface area contributed by atoms with Gasteiger partial charge in [0, 0.05) is 11.2 Å². The normalized spacial score (nSPS) is 12.1. The third kappa shape index (κ3) is 6.29. The number of aromatic hydroxyl groups is 1. The van der Waals surface area contributed by atoms with Gasteiger partial charge in [0.15, 0.2) is 10.9 Å². The molecule has 0 saturated carbocycles. The predicted octanol–water partition coefficient (Wildman–Crippen LogP) is 5.20. The zero-order valence-corrected chi connectivity index (χ0v) is 15.3. The fourth-order valence-corrected chi connectivity index (χ4v) is 3.36. The van der Waals surface area contributed by atoms with Gasteiger partial charge in [-0.05, 0) is 50.0 Å². The van der Waals surface area contributed by atoms with Crippen molar-refractivity contribution >= 4 is 46.2 Å². The Kier molecular flexibility index (Phi) is 5.76. The number of halogens is 2. The molecule has 0 aromatic heterocycles. The van der Waals surface area contributed by atoms with Gasteiger partial charge in [-0.15, -0.1) is 0 Å². The van der Waals surface area contributed by atoms with Crippen molar-refractivity contribution in [3.63, 3.8) is 0 Å². The van der Waals surface area contributed by atoms with Crippen molar-refractivity contribution in [2.45, 2.75) is 46.6 Å². The second kappa shape index (κ2) is 6.59. The van der Waals surface area contributed by atoms with E-state index in [-0.39, 0.29) is 26.7 Å². The van der Waals surface area contributed by atoms with Crippen molar-refractivity contribution in [1.29, 1.82) is 0 Å². The van der Waals surface area contributed by atoms with Crippen molar-refractivity contribution in [2.75, 3.05) is 5.32 Å². The number of thiocarbonyl (C=S) groups is 1. The Labute approximate surface area is 142 Å². The van der Waals surface area contributed by atoms with E-state index in [4.69, 9.17) is 35.4 Å². The molecule has 0 aliphatic carbocycles. The summed E-state index contributed by atoms with van der Waals surface area (Å²) in [5.74, 6) is -0.129. The van der Waals surface area contributed by atoms with E-state index >= 15 is 0 Å². The number of benzene rings is 1.